The fraction of sp³-hybridized carbons (Fsp3) is 0.333. The summed E-state index contributed by atoms with van der Waals surface area (Å²) in [5.41, 5.74) is 0. The minimum atomic E-state index is 0.531. The zero-order valence-corrected chi connectivity index (χ0v) is 11.6. The lowest BCUT2D eigenvalue weighted by Gasteiger charge is -2.09. The summed E-state index contributed by atoms with van der Waals surface area (Å²) < 4.78 is 6.40. The number of alkyl halides is 1. The predicted octanol–water partition coefficient (Wildman–Crippen LogP) is 4.61. The van der Waals surface area contributed by atoms with E-state index in [0.29, 0.717) is 28.3 Å². The van der Waals surface area contributed by atoms with Gasteiger partial charge in [0.2, 0.25) is 0 Å². The van der Waals surface area contributed by atoms with Gasteiger partial charge in [-0.1, -0.05) is 23.2 Å². The Balaban J connectivity index is 2.75. The Morgan fingerprint density at radius 1 is 1.21 bits per heavy atom. The summed E-state index contributed by atoms with van der Waals surface area (Å²) in [4.78, 5) is 0. The molecule has 1 aromatic rings. The van der Waals surface area contributed by atoms with E-state index in [1.165, 1.54) is 0 Å². The second-order valence-electron chi connectivity index (χ2n) is 2.59. The maximum Gasteiger partial charge on any atom is 0.156 e. The van der Waals surface area contributed by atoms with Crippen molar-refractivity contribution >= 4 is 57.4 Å². The van der Waals surface area contributed by atoms with Gasteiger partial charge >= 0.3 is 0 Å². The maximum absolute atomic E-state index is 5.97. The highest BCUT2D eigenvalue weighted by Crippen LogP contribution is 2.34. The van der Waals surface area contributed by atoms with Gasteiger partial charge in [-0.3, -0.25) is 0 Å². The molecule has 0 saturated heterocycles. The monoisotopic (exact) mass is 364 g/mol. The Labute approximate surface area is 112 Å². The van der Waals surface area contributed by atoms with Crippen molar-refractivity contribution < 1.29 is 4.74 Å². The van der Waals surface area contributed by atoms with Gasteiger partial charge in [-0.2, -0.15) is 0 Å². The molecule has 0 aliphatic rings. The molecule has 0 radical (unpaired) electrons. The quantitative estimate of drug-likeness (QED) is 0.430. The SMILES string of the molecule is ClCCCOc1c(Cl)cc(I)cc1Cl. The Hall–Kier alpha value is 0.620. The van der Waals surface area contributed by atoms with E-state index in [-0.39, 0.29) is 0 Å². The molecule has 0 aromatic heterocycles. The van der Waals surface area contributed by atoms with Crippen molar-refractivity contribution in [2.45, 2.75) is 6.42 Å². The third-order valence-electron chi connectivity index (χ3n) is 1.49. The highest BCUT2D eigenvalue weighted by atomic mass is 127. The van der Waals surface area contributed by atoms with E-state index in [1.807, 2.05) is 12.1 Å². The van der Waals surface area contributed by atoms with E-state index < -0.39 is 0 Å². The molecule has 0 heterocycles. The Bertz CT molecular complexity index is 294. The number of ether oxygens (including phenoxy) is 1. The largest absolute Gasteiger partial charge is 0.490 e. The van der Waals surface area contributed by atoms with Crippen molar-refractivity contribution in [1.29, 1.82) is 0 Å². The molecule has 0 unspecified atom stereocenters. The minimum absolute atomic E-state index is 0.531. The third kappa shape index (κ3) is 3.65. The summed E-state index contributed by atoms with van der Waals surface area (Å²) in [6.07, 6.45) is 0.778. The maximum atomic E-state index is 5.97. The molecule has 14 heavy (non-hydrogen) atoms. The van der Waals surface area contributed by atoms with Crippen molar-refractivity contribution in [3.05, 3.63) is 25.7 Å². The third-order valence-corrected chi connectivity index (χ3v) is 2.94. The topological polar surface area (TPSA) is 9.23 Å². The zero-order valence-electron chi connectivity index (χ0n) is 7.20. The molecule has 5 heteroatoms. The number of hydrogen-bond donors (Lipinski definition) is 0. The number of benzene rings is 1. The van der Waals surface area contributed by atoms with Crippen LogP contribution >= 0.6 is 57.4 Å². The van der Waals surface area contributed by atoms with E-state index in [9.17, 15) is 0 Å². The first kappa shape index (κ1) is 12.7. The summed E-state index contributed by atoms with van der Waals surface area (Å²) in [5, 5.41) is 1.08. The van der Waals surface area contributed by atoms with E-state index in [4.69, 9.17) is 39.5 Å². The second kappa shape index (κ2) is 6.26. The molecule has 0 bridgehead atoms. The van der Waals surface area contributed by atoms with Crippen LogP contribution in [0.25, 0.3) is 0 Å². The van der Waals surface area contributed by atoms with Crippen molar-refractivity contribution in [2.75, 3.05) is 12.5 Å². The summed E-state index contributed by atoms with van der Waals surface area (Å²) in [6.45, 7) is 0.531. The lowest BCUT2D eigenvalue weighted by atomic mass is 10.3. The molecule has 0 N–H and O–H groups in total. The lowest BCUT2D eigenvalue weighted by molar-refractivity contribution is 0.318. The van der Waals surface area contributed by atoms with Crippen molar-refractivity contribution in [2.24, 2.45) is 0 Å². The summed E-state index contributed by atoms with van der Waals surface area (Å²) in [5.74, 6) is 1.11. The molecule has 78 valence electrons. The van der Waals surface area contributed by atoms with Crippen LogP contribution in [-0.2, 0) is 0 Å². The minimum Gasteiger partial charge on any atom is -0.490 e. The Morgan fingerprint density at radius 2 is 1.79 bits per heavy atom. The van der Waals surface area contributed by atoms with E-state index in [2.05, 4.69) is 22.6 Å². The van der Waals surface area contributed by atoms with Gasteiger partial charge in [-0.05, 0) is 41.1 Å². The van der Waals surface area contributed by atoms with Crippen molar-refractivity contribution in [3.63, 3.8) is 0 Å². The van der Waals surface area contributed by atoms with Crippen LogP contribution in [0.5, 0.6) is 5.75 Å². The number of rotatable bonds is 4. The fourth-order valence-electron chi connectivity index (χ4n) is 0.896. The van der Waals surface area contributed by atoms with Gasteiger partial charge in [0, 0.05) is 9.45 Å². The van der Waals surface area contributed by atoms with Gasteiger partial charge in [0.1, 0.15) is 0 Å². The molecule has 0 atom stereocenters. The summed E-state index contributed by atoms with van der Waals surface area (Å²) >= 11 is 19.6. The zero-order chi connectivity index (χ0) is 10.6. The molecule has 0 aliphatic heterocycles. The predicted molar refractivity (Wildman–Crippen MR) is 70.0 cm³/mol. The van der Waals surface area contributed by atoms with E-state index in [0.717, 1.165) is 9.99 Å². The van der Waals surface area contributed by atoms with Gasteiger partial charge in [0.25, 0.3) is 0 Å². The number of hydrogen-bond acceptors (Lipinski definition) is 1. The van der Waals surface area contributed by atoms with Gasteiger partial charge in [-0.25, -0.2) is 0 Å². The molecule has 1 aromatic carbocycles. The molecular formula is C9H8Cl3IO. The fourth-order valence-corrected chi connectivity index (χ4v) is 2.59. The standard InChI is InChI=1S/C9H8Cl3IO/c10-2-1-3-14-9-7(11)4-6(13)5-8(9)12/h4-5H,1-3H2. The Morgan fingerprint density at radius 3 is 2.29 bits per heavy atom. The smallest absolute Gasteiger partial charge is 0.156 e. The summed E-state index contributed by atoms with van der Waals surface area (Å²) in [7, 11) is 0. The van der Waals surface area contributed by atoms with E-state index in [1.54, 1.807) is 0 Å². The lowest BCUT2D eigenvalue weighted by Crippen LogP contribution is -1.99. The van der Waals surface area contributed by atoms with Crippen LogP contribution < -0.4 is 4.74 Å². The molecular weight excluding hydrogens is 357 g/mol. The normalized spacial score (nSPS) is 10.3. The first-order valence-electron chi connectivity index (χ1n) is 3.98. The van der Waals surface area contributed by atoms with Crippen LogP contribution in [-0.4, -0.2) is 12.5 Å². The molecule has 0 amide bonds. The van der Waals surface area contributed by atoms with Gasteiger partial charge < -0.3 is 4.74 Å². The molecule has 0 aliphatic carbocycles. The van der Waals surface area contributed by atoms with Crippen LogP contribution in [0.15, 0.2) is 12.1 Å². The average molecular weight is 365 g/mol. The van der Waals surface area contributed by atoms with Gasteiger partial charge in [0.05, 0.1) is 16.7 Å². The molecule has 0 fully saturated rings. The van der Waals surface area contributed by atoms with Gasteiger partial charge in [0.15, 0.2) is 5.75 Å². The molecule has 1 rings (SSSR count). The highest BCUT2D eigenvalue weighted by Gasteiger charge is 2.08. The average Bonchev–Trinajstić information content (AvgIpc) is 2.09. The van der Waals surface area contributed by atoms with Crippen LogP contribution in [0, 0.1) is 3.57 Å². The van der Waals surface area contributed by atoms with Crippen molar-refractivity contribution in [1.82, 2.24) is 0 Å². The molecule has 0 spiro atoms. The first-order chi connectivity index (χ1) is 6.65. The first-order valence-corrected chi connectivity index (χ1v) is 6.35. The van der Waals surface area contributed by atoms with Crippen LogP contribution in [0.3, 0.4) is 0 Å². The summed E-state index contributed by atoms with van der Waals surface area (Å²) in [6, 6.07) is 3.62. The molecule has 1 nitrogen and oxygen atoms in total. The van der Waals surface area contributed by atoms with Crippen LogP contribution in [0.2, 0.25) is 10.0 Å². The van der Waals surface area contributed by atoms with Crippen LogP contribution in [0.1, 0.15) is 6.42 Å². The Kier molecular flexibility index (Phi) is 5.67. The number of halogens is 4. The highest BCUT2D eigenvalue weighted by molar-refractivity contribution is 14.1. The molecule has 0 saturated carbocycles. The van der Waals surface area contributed by atoms with Crippen LogP contribution in [0.4, 0.5) is 0 Å². The second-order valence-corrected chi connectivity index (χ2v) is 5.03. The van der Waals surface area contributed by atoms with E-state index >= 15 is 0 Å². The van der Waals surface area contributed by atoms with Crippen molar-refractivity contribution in [3.8, 4) is 5.75 Å². The van der Waals surface area contributed by atoms with Gasteiger partial charge in [-0.15, -0.1) is 11.6 Å².